The van der Waals surface area contributed by atoms with E-state index in [1.54, 1.807) is 7.11 Å². The molecule has 1 aliphatic carbocycles. The first-order chi connectivity index (χ1) is 14.3. The summed E-state index contributed by atoms with van der Waals surface area (Å²) in [5, 5.41) is 7.42. The first kappa shape index (κ1) is 20.4. The second kappa shape index (κ2) is 8.10. The van der Waals surface area contributed by atoms with Gasteiger partial charge in [-0.2, -0.15) is 18.2 Å². The third kappa shape index (κ3) is 4.48. The Kier molecular flexibility index (Phi) is 5.51. The molecule has 0 aliphatic heterocycles. The van der Waals surface area contributed by atoms with Gasteiger partial charge in [-0.1, -0.05) is 29.4 Å². The van der Waals surface area contributed by atoms with Crippen molar-refractivity contribution in [3.05, 3.63) is 65.5 Å². The summed E-state index contributed by atoms with van der Waals surface area (Å²) in [6.45, 7) is 1.91. The maximum Gasteiger partial charge on any atom is 0.416 e. The van der Waals surface area contributed by atoms with Crippen molar-refractivity contribution in [2.45, 2.75) is 38.0 Å². The quantitative estimate of drug-likeness (QED) is 0.545. The zero-order valence-electron chi connectivity index (χ0n) is 16.6. The molecule has 0 spiro atoms. The third-order valence-corrected chi connectivity index (χ3v) is 5.26. The zero-order chi connectivity index (χ0) is 21.3. The molecule has 0 radical (unpaired) electrons. The summed E-state index contributed by atoms with van der Waals surface area (Å²) in [4.78, 5) is 4.33. The SMILES string of the molecule is COc1ccc(C(NC(C)c2nc(-c3cccc(C(F)(F)F)c3)no2)C2CC2)cc1. The average Bonchev–Trinajstić information content (AvgIpc) is 3.46. The van der Waals surface area contributed by atoms with Gasteiger partial charge in [-0.05, 0) is 55.5 Å². The van der Waals surface area contributed by atoms with Crippen molar-refractivity contribution < 1.29 is 22.4 Å². The number of halogens is 3. The number of rotatable bonds is 7. The van der Waals surface area contributed by atoms with E-state index in [0.717, 1.165) is 36.3 Å². The number of hydrogen-bond donors (Lipinski definition) is 1. The first-order valence-corrected chi connectivity index (χ1v) is 9.76. The van der Waals surface area contributed by atoms with Crippen molar-refractivity contribution in [1.29, 1.82) is 0 Å². The molecule has 4 rings (SSSR count). The highest BCUT2D eigenvalue weighted by Crippen LogP contribution is 2.42. The van der Waals surface area contributed by atoms with Gasteiger partial charge >= 0.3 is 6.18 Å². The largest absolute Gasteiger partial charge is 0.497 e. The minimum Gasteiger partial charge on any atom is -0.497 e. The van der Waals surface area contributed by atoms with Crippen LogP contribution in [0.3, 0.4) is 0 Å². The van der Waals surface area contributed by atoms with E-state index in [1.165, 1.54) is 12.1 Å². The van der Waals surface area contributed by atoms with Crippen LogP contribution in [0, 0.1) is 5.92 Å². The molecule has 158 valence electrons. The standard InChI is InChI=1S/C22H22F3N3O2/c1-13(26-19(14-6-7-14)15-8-10-18(29-2)11-9-15)21-27-20(28-30-21)16-4-3-5-17(12-16)22(23,24)25/h3-5,8-14,19,26H,6-7H2,1-2H3. The van der Waals surface area contributed by atoms with E-state index in [1.807, 2.05) is 31.2 Å². The van der Waals surface area contributed by atoms with Gasteiger partial charge in [0.05, 0.1) is 18.7 Å². The summed E-state index contributed by atoms with van der Waals surface area (Å²) >= 11 is 0. The molecule has 0 bridgehead atoms. The Bertz CT molecular complexity index is 997. The van der Waals surface area contributed by atoms with Gasteiger partial charge in [0.2, 0.25) is 11.7 Å². The fourth-order valence-corrected chi connectivity index (χ4v) is 3.45. The molecular weight excluding hydrogens is 395 g/mol. The monoisotopic (exact) mass is 417 g/mol. The van der Waals surface area contributed by atoms with Crippen LogP contribution < -0.4 is 10.1 Å². The van der Waals surface area contributed by atoms with E-state index < -0.39 is 11.7 Å². The van der Waals surface area contributed by atoms with E-state index in [9.17, 15) is 13.2 Å². The van der Waals surface area contributed by atoms with Crippen LogP contribution in [0.1, 0.15) is 48.9 Å². The Labute approximate surface area is 172 Å². The number of methoxy groups -OCH3 is 1. The third-order valence-electron chi connectivity index (χ3n) is 5.26. The number of aromatic nitrogens is 2. The molecule has 1 saturated carbocycles. The zero-order valence-corrected chi connectivity index (χ0v) is 16.6. The fraction of sp³-hybridized carbons (Fsp3) is 0.364. The highest BCUT2D eigenvalue weighted by atomic mass is 19.4. The second-order valence-corrected chi connectivity index (χ2v) is 7.51. The lowest BCUT2D eigenvalue weighted by Crippen LogP contribution is -2.26. The maximum absolute atomic E-state index is 13.0. The summed E-state index contributed by atoms with van der Waals surface area (Å²) in [6.07, 6.45) is -2.15. The second-order valence-electron chi connectivity index (χ2n) is 7.51. The van der Waals surface area contributed by atoms with Crippen LogP contribution in [0.15, 0.2) is 53.1 Å². The molecule has 1 aromatic heterocycles. The Balaban J connectivity index is 1.51. The lowest BCUT2D eigenvalue weighted by molar-refractivity contribution is -0.137. The van der Waals surface area contributed by atoms with Crippen LogP contribution in [0.5, 0.6) is 5.75 Å². The summed E-state index contributed by atoms with van der Waals surface area (Å²) in [5.74, 6) is 1.79. The van der Waals surface area contributed by atoms with Crippen LogP contribution in [0.25, 0.3) is 11.4 Å². The van der Waals surface area contributed by atoms with Gasteiger partial charge in [-0.15, -0.1) is 0 Å². The van der Waals surface area contributed by atoms with E-state index in [2.05, 4.69) is 15.5 Å². The van der Waals surface area contributed by atoms with Crippen LogP contribution in [0.4, 0.5) is 13.2 Å². The Morgan fingerprint density at radius 2 is 1.87 bits per heavy atom. The van der Waals surface area contributed by atoms with Crippen molar-refractivity contribution in [2.24, 2.45) is 5.92 Å². The van der Waals surface area contributed by atoms with Gasteiger partial charge in [-0.3, -0.25) is 5.32 Å². The van der Waals surface area contributed by atoms with E-state index in [0.29, 0.717) is 11.8 Å². The molecule has 5 nitrogen and oxygen atoms in total. The van der Waals surface area contributed by atoms with Crippen LogP contribution >= 0.6 is 0 Å². The van der Waals surface area contributed by atoms with E-state index in [-0.39, 0.29) is 23.5 Å². The van der Waals surface area contributed by atoms with Crippen molar-refractivity contribution >= 4 is 0 Å². The number of ether oxygens (including phenoxy) is 1. The van der Waals surface area contributed by atoms with Gasteiger partial charge in [0.1, 0.15) is 5.75 Å². The molecule has 2 unspecified atom stereocenters. The van der Waals surface area contributed by atoms with E-state index in [4.69, 9.17) is 9.26 Å². The predicted molar refractivity (Wildman–Crippen MR) is 105 cm³/mol. The Morgan fingerprint density at radius 1 is 1.13 bits per heavy atom. The number of hydrogen-bond acceptors (Lipinski definition) is 5. The number of alkyl halides is 3. The summed E-state index contributed by atoms with van der Waals surface area (Å²) < 4.78 is 49.5. The molecule has 30 heavy (non-hydrogen) atoms. The molecule has 1 heterocycles. The van der Waals surface area contributed by atoms with Gasteiger partial charge in [-0.25, -0.2) is 0 Å². The molecule has 3 aromatic rings. The molecule has 0 saturated heterocycles. The maximum atomic E-state index is 13.0. The molecule has 8 heteroatoms. The molecule has 2 atom stereocenters. The Hall–Kier alpha value is -2.87. The summed E-state index contributed by atoms with van der Waals surface area (Å²) in [6, 6.07) is 12.7. The number of nitrogens with zero attached hydrogens (tertiary/aromatic N) is 2. The van der Waals surface area contributed by atoms with Crippen molar-refractivity contribution in [1.82, 2.24) is 15.5 Å². The topological polar surface area (TPSA) is 60.2 Å². The van der Waals surface area contributed by atoms with Crippen molar-refractivity contribution in [3.63, 3.8) is 0 Å². The van der Waals surface area contributed by atoms with Gasteiger partial charge in [0, 0.05) is 11.6 Å². The summed E-state index contributed by atoms with van der Waals surface area (Å²) in [5.41, 5.74) is 0.662. The molecular formula is C22H22F3N3O2. The number of benzene rings is 2. The lowest BCUT2D eigenvalue weighted by Gasteiger charge is -2.22. The smallest absolute Gasteiger partial charge is 0.416 e. The predicted octanol–water partition coefficient (Wildman–Crippen LogP) is 5.57. The minimum atomic E-state index is -4.42. The van der Waals surface area contributed by atoms with Crippen LogP contribution in [0.2, 0.25) is 0 Å². The first-order valence-electron chi connectivity index (χ1n) is 9.76. The van der Waals surface area contributed by atoms with Crippen LogP contribution in [-0.4, -0.2) is 17.3 Å². The molecule has 1 aliphatic rings. The molecule has 1 fully saturated rings. The highest BCUT2D eigenvalue weighted by molar-refractivity contribution is 5.55. The normalized spacial score (nSPS) is 16.3. The molecule has 1 N–H and O–H groups in total. The van der Waals surface area contributed by atoms with Crippen molar-refractivity contribution in [3.8, 4) is 17.1 Å². The average molecular weight is 417 g/mol. The van der Waals surface area contributed by atoms with Gasteiger partial charge in [0.25, 0.3) is 0 Å². The Morgan fingerprint density at radius 3 is 2.50 bits per heavy atom. The van der Waals surface area contributed by atoms with Crippen LogP contribution in [-0.2, 0) is 6.18 Å². The molecule has 0 amide bonds. The van der Waals surface area contributed by atoms with E-state index >= 15 is 0 Å². The minimum absolute atomic E-state index is 0.120. The molecule has 2 aromatic carbocycles. The fourth-order valence-electron chi connectivity index (χ4n) is 3.45. The van der Waals surface area contributed by atoms with Gasteiger partial charge in [0.15, 0.2) is 0 Å². The number of nitrogens with one attached hydrogen (secondary N) is 1. The lowest BCUT2D eigenvalue weighted by atomic mass is 10.0. The van der Waals surface area contributed by atoms with Crippen molar-refractivity contribution in [2.75, 3.05) is 7.11 Å². The highest BCUT2D eigenvalue weighted by Gasteiger charge is 2.34. The van der Waals surface area contributed by atoms with Gasteiger partial charge < -0.3 is 9.26 Å². The summed E-state index contributed by atoms with van der Waals surface area (Å²) in [7, 11) is 1.63.